The molecule has 3 heteroatoms. The summed E-state index contributed by atoms with van der Waals surface area (Å²) in [5.74, 6) is 0. The minimum atomic E-state index is -0.479. The summed E-state index contributed by atoms with van der Waals surface area (Å²) < 4.78 is 4.96. The Morgan fingerprint density at radius 3 is 2.69 bits per heavy atom. The maximum Gasteiger partial charge on any atom is 0.0807 e. The minimum absolute atomic E-state index is 0.0189. The van der Waals surface area contributed by atoms with Crippen LogP contribution >= 0.6 is 0 Å². The lowest BCUT2D eigenvalue weighted by Gasteiger charge is -2.18. The summed E-state index contributed by atoms with van der Waals surface area (Å²) in [5, 5.41) is 10.1. The smallest absolute Gasteiger partial charge is 0.0807 e. The first kappa shape index (κ1) is 13.2. The minimum Gasteiger partial charge on any atom is -0.388 e. The topological polar surface area (TPSA) is 55.5 Å². The van der Waals surface area contributed by atoms with Crippen molar-refractivity contribution < 1.29 is 9.84 Å². The van der Waals surface area contributed by atoms with Gasteiger partial charge in [-0.2, -0.15) is 0 Å². The van der Waals surface area contributed by atoms with E-state index in [1.54, 1.807) is 7.11 Å². The fourth-order valence-corrected chi connectivity index (χ4v) is 1.76. The van der Waals surface area contributed by atoms with E-state index in [0.717, 1.165) is 17.5 Å². The molecule has 1 aromatic rings. The van der Waals surface area contributed by atoms with Crippen LogP contribution in [0.25, 0.3) is 0 Å². The molecule has 0 aliphatic heterocycles. The van der Waals surface area contributed by atoms with Crippen molar-refractivity contribution in [2.24, 2.45) is 5.73 Å². The molecule has 0 fully saturated rings. The van der Waals surface area contributed by atoms with Gasteiger partial charge in [-0.15, -0.1) is 0 Å². The molecule has 2 unspecified atom stereocenters. The van der Waals surface area contributed by atoms with Crippen molar-refractivity contribution in [3.8, 4) is 0 Å². The van der Waals surface area contributed by atoms with Crippen LogP contribution in [0.1, 0.15) is 30.1 Å². The Labute approximate surface area is 97.2 Å². The standard InChI is InChI=1S/C13H21NO2/c1-10-5-3-4-6-12(10)13(15)9-11(14)7-8-16-2/h3-6,11,13,15H,7-9,14H2,1-2H3. The normalized spacial score (nSPS) is 14.8. The first-order valence-electron chi connectivity index (χ1n) is 5.63. The number of nitrogens with two attached hydrogens (primary N) is 1. The van der Waals surface area contributed by atoms with Crippen molar-refractivity contribution in [1.82, 2.24) is 0 Å². The van der Waals surface area contributed by atoms with Crippen molar-refractivity contribution >= 4 is 0 Å². The monoisotopic (exact) mass is 223 g/mol. The zero-order chi connectivity index (χ0) is 12.0. The third kappa shape index (κ3) is 3.93. The molecule has 0 bridgehead atoms. The van der Waals surface area contributed by atoms with Crippen LogP contribution in [0.5, 0.6) is 0 Å². The van der Waals surface area contributed by atoms with E-state index in [2.05, 4.69) is 0 Å². The molecule has 0 saturated heterocycles. The first-order valence-corrected chi connectivity index (χ1v) is 5.63. The van der Waals surface area contributed by atoms with E-state index in [1.807, 2.05) is 31.2 Å². The first-order chi connectivity index (χ1) is 7.65. The number of benzene rings is 1. The van der Waals surface area contributed by atoms with E-state index in [-0.39, 0.29) is 6.04 Å². The highest BCUT2D eigenvalue weighted by Gasteiger charge is 2.14. The van der Waals surface area contributed by atoms with Crippen molar-refractivity contribution in [2.75, 3.05) is 13.7 Å². The van der Waals surface area contributed by atoms with Gasteiger partial charge < -0.3 is 15.6 Å². The fraction of sp³-hybridized carbons (Fsp3) is 0.538. The Morgan fingerprint density at radius 1 is 1.38 bits per heavy atom. The van der Waals surface area contributed by atoms with E-state index >= 15 is 0 Å². The van der Waals surface area contributed by atoms with Gasteiger partial charge in [0.25, 0.3) is 0 Å². The molecular weight excluding hydrogens is 202 g/mol. The molecule has 0 heterocycles. The zero-order valence-corrected chi connectivity index (χ0v) is 10.0. The van der Waals surface area contributed by atoms with Crippen LogP contribution in [0.3, 0.4) is 0 Å². The Bertz CT molecular complexity index is 315. The Morgan fingerprint density at radius 2 is 2.06 bits per heavy atom. The van der Waals surface area contributed by atoms with Crippen LogP contribution in [0, 0.1) is 6.92 Å². The van der Waals surface area contributed by atoms with E-state index in [0.29, 0.717) is 13.0 Å². The molecule has 90 valence electrons. The van der Waals surface area contributed by atoms with Gasteiger partial charge in [0, 0.05) is 19.8 Å². The Kier molecular flexibility index (Phi) is 5.46. The van der Waals surface area contributed by atoms with Gasteiger partial charge in [-0.3, -0.25) is 0 Å². The summed E-state index contributed by atoms with van der Waals surface area (Å²) in [6, 6.07) is 7.83. The van der Waals surface area contributed by atoms with Crippen LogP contribution in [0.4, 0.5) is 0 Å². The molecule has 0 radical (unpaired) electrons. The van der Waals surface area contributed by atoms with Crippen molar-refractivity contribution in [1.29, 1.82) is 0 Å². The van der Waals surface area contributed by atoms with Crippen molar-refractivity contribution in [3.05, 3.63) is 35.4 Å². The second-order valence-electron chi connectivity index (χ2n) is 4.15. The number of aryl methyl sites for hydroxylation is 1. The van der Waals surface area contributed by atoms with Crippen LogP contribution < -0.4 is 5.73 Å². The van der Waals surface area contributed by atoms with Gasteiger partial charge in [0.1, 0.15) is 0 Å². The quantitative estimate of drug-likeness (QED) is 0.773. The van der Waals surface area contributed by atoms with Crippen molar-refractivity contribution in [2.45, 2.75) is 31.9 Å². The number of aliphatic hydroxyl groups excluding tert-OH is 1. The second-order valence-corrected chi connectivity index (χ2v) is 4.15. The number of hydrogen-bond acceptors (Lipinski definition) is 3. The summed E-state index contributed by atoms with van der Waals surface area (Å²) in [4.78, 5) is 0. The molecule has 3 nitrogen and oxygen atoms in total. The molecule has 0 aliphatic carbocycles. The Balaban J connectivity index is 2.52. The molecule has 0 amide bonds. The van der Waals surface area contributed by atoms with Crippen molar-refractivity contribution in [3.63, 3.8) is 0 Å². The van der Waals surface area contributed by atoms with Crippen LogP contribution in [-0.2, 0) is 4.74 Å². The molecule has 0 spiro atoms. The van der Waals surface area contributed by atoms with Gasteiger partial charge in [0.05, 0.1) is 6.10 Å². The molecule has 1 rings (SSSR count). The van der Waals surface area contributed by atoms with Gasteiger partial charge >= 0.3 is 0 Å². The Hall–Kier alpha value is -0.900. The molecule has 0 aliphatic rings. The lowest BCUT2D eigenvalue weighted by atomic mass is 9.97. The molecule has 1 aromatic carbocycles. The maximum atomic E-state index is 10.1. The largest absolute Gasteiger partial charge is 0.388 e. The maximum absolute atomic E-state index is 10.1. The van der Waals surface area contributed by atoms with Gasteiger partial charge in [-0.1, -0.05) is 24.3 Å². The van der Waals surface area contributed by atoms with Gasteiger partial charge in [0.15, 0.2) is 0 Å². The van der Waals surface area contributed by atoms with Crippen LogP contribution in [-0.4, -0.2) is 24.9 Å². The highest BCUT2D eigenvalue weighted by atomic mass is 16.5. The van der Waals surface area contributed by atoms with Gasteiger partial charge in [0.2, 0.25) is 0 Å². The van der Waals surface area contributed by atoms with E-state index < -0.39 is 6.10 Å². The molecule has 0 saturated carbocycles. The molecule has 2 atom stereocenters. The lowest BCUT2D eigenvalue weighted by molar-refractivity contribution is 0.141. The van der Waals surface area contributed by atoms with Gasteiger partial charge in [-0.25, -0.2) is 0 Å². The highest BCUT2D eigenvalue weighted by molar-refractivity contribution is 5.27. The van der Waals surface area contributed by atoms with E-state index in [1.165, 1.54) is 0 Å². The summed E-state index contributed by atoms with van der Waals surface area (Å²) >= 11 is 0. The highest BCUT2D eigenvalue weighted by Crippen LogP contribution is 2.21. The molecule has 0 aromatic heterocycles. The number of hydrogen-bond donors (Lipinski definition) is 2. The number of rotatable bonds is 6. The average Bonchev–Trinajstić information content (AvgIpc) is 2.26. The molecule has 3 N–H and O–H groups in total. The summed E-state index contributed by atoms with van der Waals surface area (Å²) in [5.41, 5.74) is 7.98. The molecular formula is C13H21NO2. The third-order valence-electron chi connectivity index (χ3n) is 2.77. The SMILES string of the molecule is COCCC(N)CC(O)c1ccccc1C. The second kappa shape index (κ2) is 6.63. The lowest BCUT2D eigenvalue weighted by Crippen LogP contribution is -2.24. The third-order valence-corrected chi connectivity index (χ3v) is 2.77. The van der Waals surface area contributed by atoms with E-state index in [9.17, 15) is 5.11 Å². The van der Waals surface area contributed by atoms with Gasteiger partial charge in [-0.05, 0) is 30.9 Å². The zero-order valence-electron chi connectivity index (χ0n) is 10.0. The predicted molar refractivity (Wildman–Crippen MR) is 65.2 cm³/mol. The average molecular weight is 223 g/mol. The predicted octanol–water partition coefficient (Wildman–Crippen LogP) is 1.78. The summed E-state index contributed by atoms with van der Waals surface area (Å²) in [6.45, 7) is 2.64. The van der Waals surface area contributed by atoms with Crippen LogP contribution in [0.15, 0.2) is 24.3 Å². The summed E-state index contributed by atoms with van der Waals surface area (Å²) in [6.07, 6.45) is 0.876. The van der Waals surface area contributed by atoms with Crippen LogP contribution in [0.2, 0.25) is 0 Å². The fourth-order valence-electron chi connectivity index (χ4n) is 1.76. The number of aliphatic hydroxyl groups is 1. The van der Waals surface area contributed by atoms with E-state index in [4.69, 9.17) is 10.5 Å². The number of ether oxygens (including phenoxy) is 1. The number of methoxy groups -OCH3 is 1. The molecule has 16 heavy (non-hydrogen) atoms. The summed E-state index contributed by atoms with van der Waals surface area (Å²) in [7, 11) is 1.66.